The van der Waals surface area contributed by atoms with E-state index >= 15 is 0 Å². The lowest BCUT2D eigenvalue weighted by atomic mass is 10.1. The highest BCUT2D eigenvalue weighted by Gasteiger charge is 2.24. The molecule has 7 heteroatoms. The van der Waals surface area contributed by atoms with Gasteiger partial charge in [-0.1, -0.05) is 0 Å². The molecule has 1 atom stereocenters. The van der Waals surface area contributed by atoms with Crippen LogP contribution in [0.15, 0.2) is 17.2 Å². The third kappa shape index (κ3) is 4.88. The quantitative estimate of drug-likeness (QED) is 0.844. The molecule has 1 unspecified atom stereocenters. The lowest BCUT2D eigenvalue weighted by Crippen LogP contribution is -2.48. The van der Waals surface area contributed by atoms with E-state index in [4.69, 9.17) is 4.74 Å². The van der Waals surface area contributed by atoms with Gasteiger partial charge in [-0.2, -0.15) is 0 Å². The van der Waals surface area contributed by atoms with Crippen molar-refractivity contribution in [2.24, 2.45) is 0 Å². The fourth-order valence-corrected chi connectivity index (χ4v) is 3.39. The largest absolute Gasteiger partial charge is 0.376 e. The Balaban J connectivity index is 1.45. The molecule has 2 fully saturated rings. The fraction of sp³-hybridized carbons (Fsp3) is 0.706. The van der Waals surface area contributed by atoms with Gasteiger partial charge in [0.1, 0.15) is 0 Å². The fourth-order valence-electron chi connectivity index (χ4n) is 3.39. The maximum Gasteiger partial charge on any atom is 0.250 e. The van der Waals surface area contributed by atoms with Gasteiger partial charge in [-0.25, -0.2) is 4.98 Å². The van der Waals surface area contributed by atoms with Crippen LogP contribution in [0.25, 0.3) is 0 Å². The number of nitrogens with zero attached hydrogens (tertiary/aromatic N) is 3. The highest BCUT2D eigenvalue weighted by Crippen LogP contribution is 2.13. The monoisotopic (exact) mass is 334 g/mol. The number of rotatable bonds is 5. The number of carbonyl (C=O) groups is 1. The molecule has 0 saturated carbocycles. The van der Waals surface area contributed by atoms with Gasteiger partial charge in [-0.05, 0) is 32.1 Å². The van der Waals surface area contributed by atoms with Gasteiger partial charge in [0.2, 0.25) is 5.91 Å². The Kier molecular flexibility index (Phi) is 5.98. The molecule has 7 nitrogen and oxygen atoms in total. The molecule has 2 aliphatic heterocycles. The van der Waals surface area contributed by atoms with Gasteiger partial charge in [0, 0.05) is 37.9 Å². The molecule has 1 aromatic rings. The predicted octanol–water partition coefficient (Wildman–Crippen LogP) is 0.416. The number of morpholine rings is 1. The van der Waals surface area contributed by atoms with Gasteiger partial charge in [0.15, 0.2) is 0 Å². The van der Waals surface area contributed by atoms with Crippen LogP contribution < -0.4 is 5.56 Å². The van der Waals surface area contributed by atoms with Crippen molar-refractivity contribution in [1.82, 2.24) is 19.8 Å². The number of carbonyl (C=O) groups excluding carboxylic acids is 1. The molecule has 3 heterocycles. The molecule has 0 aliphatic carbocycles. The molecule has 0 bridgehead atoms. The molecule has 132 valence electrons. The Labute approximate surface area is 142 Å². The Morgan fingerprint density at radius 2 is 2.12 bits per heavy atom. The molecular formula is C17H26N4O3. The van der Waals surface area contributed by atoms with Crippen LogP contribution in [0.4, 0.5) is 0 Å². The minimum Gasteiger partial charge on any atom is -0.376 e. The van der Waals surface area contributed by atoms with E-state index in [1.807, 2.05) is 4.90 Å². The second kappa shape index (κ2) is 8.39. The summed E-state index contributed by atoms with van der Waals surface area (Å²) < 4.78 is 5.81. The summed E-state index contributed by atoms with van der Waals surface area (Å²) in [6.07, 6.45) is 6.53. The van der Waals surface area contributed by atoms with Gasteiger partial charge >= 0.3 is 0 Å². The van der Waals surface area contributed by atoms with Crippen LogP contribution in [0.3, 0.4) is 0 Å². The van der Waals surface area contributed by atoms with Crippen molar-refractivity contribution < 1.29 is 9.53 Å². The van der Waals surface area contributed by atoms with Crippen LogP contribution in [0, 0.1) is 0 Å². The maximum absolute atomic E-state index is 12.4. The van der Waals surface area contributed by atoms with Crippen LogP contribution in [0.5, 0.6) is 0 Å². The minimum absolute atomic E-state index is 0.0917. The van der Waals surface area contributed by atoms with E-state index in [2.05, 4.69) is 14.9 Å². The molecule has 3 rings (SSSR count). The Bertz CT molecular complexity index is 597. The summed E-state index contributed by atoms with van der Waals surface area (Å²) >= 11 is 0. The first-order valence-electron chi connectivity index (χ1n) is 8.86. The average molecular weight is 334 g/mol. The zero-order chi connectivity index (χ0) is 16.8. The number of aromatic nitrogens is 2. The summed E-state index contributed by atoms with van der Waals surface area (Å²) in [5.41, 5.74) is 0.655. The Morgan fingerprint density at radius 3 is 2.92 bits per heavy atom. The van der Waals surface area contributed by atoms with Crippen molar-refractivity contribution in [2.45, 2.75) is 38.2 Å². The van der Waals surface area contributed by atoms with E-state index in [0.717, 1.165) is 51.1 Å². The maximum atomic E-state index is 12.4. The van der Waals surface area contributed by atoms with Crippen molar-refractivity contribution in [1.29, 1.82) is 0 Å². The summed E-state index contributed by atoms with van der Waals surface area (Å²) in [6, 6.07) is 1.53. The SMILES string of the molecule is O=C(CN1CCOC(CCc2cc(=O)[nH]cn2)C1)N1CCCCC1. The molecular weight excluding hydrogens is 308 g/mol. The van der Waals surface area contributed by atoms with Gasteiger partial charge in [0.25, 0.3) is 5.56 Å². The van der Waals surface area contributed by atoms with E-state index in [9.17, 15) is 9.59 Å². The van der Waals surface area contributed by atoms with Crippen molar-refractivity contribution in [3.05, 3.63) is 28.4 Å². The van der Waals surface area contributed by atoms with Crippen LogP contribution in [-0.4, -0.2) is 71.1 Å². The summed E-state index contributed by atoms with van der Waals surface area (Å²) in [6.45, 7) is 4.52. The number of amides is 1. The Morgan fingerprint density at radius 1 is 1.29 bits per heavy atom. The molecule has 1 N–H and O–H groups in total. The first-order chi connectivity index (χ1) is 11.7. The number of ether oxygens (including phenoxy) is 1. The van der Waals surface area contributed by atoms with Crippen molar-refractivity contribution in [3.8, 4) is 0 Å². The zero-order valence-electron chi connectivity index (χ0n) is 14.1. The number of aryl methyl sites for hydroxylation is 1. The first kappa shape index (κ1) is 17.1. The third-order valence-electron chi connectivity index (χ3n) is 4.75. The summed E-state index contributed by atoms with van der Waals surface area (Å²) in [7, 11) is 0. The van der Waals surface area contributed by atoms with Gasteiger partial charge in [-0.3, -0.25) is 14.5 Å². The minimum atomic E-state index is -0.127. The molecule has 0 aromatic carbocycles. The smallest absolute Gasteiger partial charge is 0.250 e. The van der Waals surface area contributed by atoms with Gasteiger partial charge in [0.05, 0.1) is 25.6 Å². The number of nitrogens with one attached hydrogen (secondary N) is 1. The predicted molar refractivity (Wildman–Crippen MR) is 89.8 cm³/mol. The number of aromatic amines is 1. The highest BCUT2D eigenvalue weighted by molar-refractivity contribution is 5.78. The highest BCUT2D eigenvalue weighted by atomic mass is 16.5. The molecule has 2 saturated heterocycles. The number of likely N-dealkylation sites (tertiary alicyclic amines) is 1. The molecule has 0 radical (unpaired) electrons. The second-order valence-corrected chi connectivity index (χ2v) is 6.61. The normalized spacial score (nSPS) is 22.5. The molecule has 1 aromatic heterocycles. The van der Waals surface area contributed by atoms with Gasteiger partial charge < -0.3 is 14.6 Å². The summed E-state index contributed by atoms with van der Waals surface area (Å²) in [4.78, 5) is 34.5. The van der Waals surface area contributed by atoms with Crippen molar-refractivity contribution in [2.75, 3.05) is 39.3 Å². The molecule has 1 amide bonds. The topological polar surface area (TPSA) is 78.5 Å². The molecule has 0 spiro atoms. The van der Waals surface area contributed by atoms with Gasteiger partial charge in [-0.15, -0.1) is 0 Å². The lowest BCUT2D eigenvalue weighted by Gasteiger charge is -2.34. The van der Waals surface area contributed by atoms with Crippen LogP contribution in [-0.2, 0) is 16.0 Å². The van der Waals surface area contributed by atoms with Crippen molar-refractivity contribution >= 4 is 5.91 Å². The number of H-pyrrole nitrogens is 1. The second-order valence-electron chi connectivity index (χ2n) is 6.61. The van der Waals surface area contributed by atoms with E-state index < -0.39 is 0 Å². The number of hydrogen-bond acceptors (Lipinski definition) is 5. The van der Waals surface area contributed by atoms with Crippen LogP contribution in [0.2, 0.25) is 0 Å². The van der Waals surface area contributed by atoms with E-state index in [1.165, 1.54) is 18.8 Å². The zero-order valence-corrected chi connectivity index (χ0v) is 14.1. The molecule has 2 aliphatic rings. The standard InChI is InChI=1S/C17H26N4O3/c22-16-10-14(18-13-19-16)4-5-15-11-20(8-9-24-15)12-17(23)21-6-2-1-3-7-21/h10,13,15H,1-9,11-12H2,(H,18,19,22). The average Bonchev–Trinajstić information content (AvgIpc) is 2.61. The lowest BCUT2D eigenvalue weighted by molar-refractivity contribution is -0.135. The van der Waals surface area contributed by atoms with Crippen LogP contribution in [0.1, 0.15) is 31.4 Å². The van der Waals surface area contributed by atoms with Crippen molar-refractivity contribution in [3.63, 3.8) is 0 Å². The van der Waals surface area contributed by atoms with E-state index in [0.29, 0.717) is 19.6 Å². The van der Waals surface area contributed by atoms with Crippen LogP contribution >= 0.6 is 0 Å². The number of piperidine rings is 1. The summed E-state index contributed by atoms with van der Waals surface area (Å²) in [5.74, 6) is 0.242. The number of hydrogen-bond donors (Lipinski definition) is 1. The first-order valence-corrected chi connectivity index (χ1v) is 8.86. The third-order valence-corrected chi connectivity index (χ3v) is 4.75. The van der Waals surface area contributed by atoms with E-state index in [1.54, 1.807) is 0 Å². The van der Waals surface area contributed by atoms with E-state index in [-0.39, 0.29) is 17.6 Å². The Hall–Kier alpha value is -1.73. The molecule has 24 heavy (non-hydrogen) atoms. The summed E-state index contributed by atoms with van der Waals surface area (Å²) in [5, 5.41) is 0.